The van der Waals surface area contributed by atoms with Gasteiger partial charge in [0.25, 0.3) is 15.9 Å². The summed E-state index contributed by atoms with van der Waals surface area (Å²) in [6, 6.07) is 24.5. The van der Waals surface area contributed by atoms with E-state index in [-0.39, 0.29) is 28.6 Å². The molecule has 1 aromatic heterocycles. The number of hydrogen-bond donors (Lipinski definition) is 2. The number of benzene rings is 3. The number of rotatable bonds is 8. The molecule has 1 aliphatic heterocycles. The van der Waals surface area contributed by atoms with Crippen molar-refractivity contribution in [2.24, 2.45) is 0 Å². The molecule has 8 nitrogen and oxygen atoms in total. The van der Waals surface area contributed by atoms with E-state index in [2.05, 4.69) is 27.1 Å². The largest absolute Gasteiger partial charge is 0.465 e. The number of thiophene rings is 1. The average molecular weight is 598 g/mol. The van der Waals surface area contributed by atoms with Crippen molar-refractivity contribution in [3.05, 3.63) is 112 Å². The number of hydrogen-bond acceptors (Lipinski definition) is 7. The third-order valence-corrected chi connectivity index (χ3v) is 8.98. The van der Waals surface area contributed by atoms with Gasteiger partial charge in [-0.3, -0.25) is 14.4 Å². The zero-order valence-electron chi connectivity index (χ0n) is 21.6. The zero-order chi connectivity index (χ0) is 27.4. The number of esters is 1. The van der Waals surface area contributed by atoms with Gasteiger partial charge in [0.1, 0.15) is 5.00 Å². The Bertz CT molecular complexity index is 1610. The van der Waals surface area contributed by atoms with Gasteiger partial charge < -0.3 is 10.1 Å². The zero-order valence-corrected chi connectivity index (χ0v) is 24.1. The minimum absolute atomic E-state index is 0. The average Bonchev–Trinajstić information content (AvgIpc) is 3.30. The molecule has 2 N–H and O–H groups in total. The summed E-state index contributed by atoms with van der Waals surface area (Å²) in [5.74, 6) is -1.05. The van der Waals surface area contributed by atoms with E-state index in [0.29, 0.717) is 23.5 Å². The summed E-state index contributed by atoms with van der Waals surface area (Å²) in [6.07, 6.45) is 0.645. The number of nitrogens with one attached hydrogen (secondary N) is 2. The van der Waals surface area contributed by atoms with E-state index in [1.807, 2.05) is 18.2 Å². The van der Waals surface area contributed by atoms with Crippen molar-refractivity contribution in [1.29, 1.82) is 0 Å². The van der Waals surface area contributed by atoms with E-state index in [1.165, 1.54) is 48.3 Å². The predicted octanol–water partition coefficient (Wildman–Crippen LogP) is 5.57. The standard InChI is InChI=1S/C29H27N3O5S2.ClH/c1-37-29(34)26-23-16-17-32(18-20-10-4-2-5-11-20)19-25(23)38-28(26)30-27(33)22-14-8-9-15-24(22)31-39(35,36)21-12-6-3-7-13-21;/h2-15,31H,16-19H2,1H3,(H,30,33);1H. The SMILES string of the molecule is COC(=O)c1c(NC(=O)c2ccccc2NS(=O)(=O)c2ccccc2)sc2c1CCN(Cc1ccccc1)C2.Cl. The van der Waals surface area contributed by atoms with Crippen LogP contribution in [-0.2, 0) is 34.3 Å². The normalized spacial score (nSPS) is 13.0. The number of amides is 1. The van der Waals surface area contributed by atoms with Crippen LogP contribution < -0.4 is 10.0 Å². The topological polar surface area (TPSA) is 105 Å². The van der Waals surface area contributed by atoms with Gasteiger partial charge in [-0.15, -0.1) is 23.7 Å². The Kier molecular flexibility index (Phi) is 9.26. The number of nitrogens with zero attached hydrogens (tertiary/aromatic N) is 1. The molecule has 0 fully saturated rings. The van der Waals surface area contributed by atoms with Crippen molar-refractivity contribution in [3.8, 4) is 0 Å². The number of methoxy groups -OCH3 is 1. The van der Waals surface area contributed by atoms with Gasteiger partial charge >= 0.3 is 5.97 Å². The Morgan fingerprint density at radius 1 is 0.950 bits per heavy atom. The molecule has 0 aliphatic carbocycles. The maximum atomic E-state index is 13.4. The molecule has 11 heteroatoms. The molecule has 4 aromatic rings. The van der Waals surface area contributed by atoms with Gasteiger partial charge in [0, 0.05) is 24.5 Å². The van der Waals surface area contributed by atoms with Crippen molar-refractivity contribution in [2.45, 2.75) is 24.4 Å². The van der Waals surface area contributed by atoms with E-state index >= 15 is 0 Å². The smallest absolute Gasteiger partial charge is 0.341 e. The number of halogens is 1. The van der Waals surface area contributed by atoms with Crippen LogP contribution in [0, 0.1) is 0 Å². The number of fused-ring (bicyclic) bond motifs is 1. The molecule has 0 unspecified atom stereocenters. The third kappa shape index (κ3) is 6.37. The van der Waals surface area contributed by atoms with Gasteiger partial charge in [-0.1, -0.05) is 60.7 Å². The predicted molar refractivity (Wildman–Crippen MR) is 159 cm³/mol. The van der Waals surface area contributed by atoms with Gasteiger partial charge in [0.2, 0.25) is 0 Å². The molecule has 208 valence electrons. The van der Waals surface area contributed by atoms with Gasteiger partial charge in [-0.25, -0.2) is 13.2 Å². The molecule has 0 atom stereocenters. The quantitative estimate of drug-likeness (QED) is 0.257. The van der Waals surface area contributed by atoms with Crippen molar-refractivity contribution in [2.75, 3.05) is 23.7 Å². The molecule has 40 heavy (non-hydrogen) atoms. The van der Waals surface area contributed by atoms with Crippen molar-refractivity contribution >= 4 is 56.3 Å². The Morgan fingerprint density at radius 3 is 2.30 bits per heavy atom. The highest BCUT2D eigenvalue weighted by atomic mass is 35.5. The number of anilines is 2. The lowest BCUT2D eigenvalue weighted by molar-refractivity contribution is 0.0600. The summed E-state index contributed by atoms with van der Waals surface area (Å²) in [4.78, 5) is 29.6. The van der Waals surface area contributed by atoms with Gasteiger partial charge in [-0.05, 0) is 41.8 Å². The maximum absolute atomic E-state index is 13.4. The second kappa shape index (κ2) is 12.6. The molecule has 1 aliphatic rings. The van der Waals surface area contributed by atoms with Crippen LogP contribution in [0.1, 0.15) is 36.7 Å². The lowest BCUT2D eigenvalue weighted by Gasteiger charge is -2.27. The first-order chi connectivity index (χ1) is 18.9. The third-order valence-electron chi connectivity index (χ3n) is 6.47. The van der Waals surface area contributed by atoms with E-state index in [4.69, 9.17) is 4.74 Å². The molecule has 0 saturated heterocycles. The van der Waals surface area contributed by atoms with Crippen LogP contribution in [0.5, 0.6) is 0 Å². The lowest BCUT2D eigenvalue weighted by Crippen LogP contribution is -2.29. The summed E-state index contributed by atoms with van der Waals surface area (Å²) in [6.45, 7) is 2.19. The van der Waals surface area contributed by atoms with Crippen LogP contribution in [0.4, 0.5) is 10.7 Å². The fourth-order valence-corrected chi connectivity index (χ4v) is 6.96. The van der Waals surface area contributed by atoms with E-state index < -0.39 is 21.9 Å². The highest BCUT2D eigenvalue weighted by Gasteiger charge is 2.30. The molecule has 0 radical (unpaired) electrons. The van der Waals surface area contributed by atoms with Crippen molar-refractivity contribution in [3.63, 3.8) is 0 Å². The van der Waals surface area contributed by atoms with Crippen molar-refractivity contribution in [1.82, 2.24) is 4.90 Å². The Labute approximate surface area is 243 Å². The van der Waals surface area contributed by atoms with Gasteiger partial charge in [0.15, 0.2) is 0 Å². The van der Waals surface area contributed by atoms with E-state index in [1.54, 1.807) is 30.3 Å². The lowest BCUT2D eigenvalue weighted by atomic mass is 10.0. The molecular weight excluding hydrogens is 570 g/mol. The Hall–Kier alpha value is -3.70. The number of sulfonamides is 1. The second-order valence-corrected chi connectivity index (χ2v) is 11.9. The minimum Gasteiger partial charge on any atom is -0.465 e. The molecular formula is C29H28ClN3O5S2. The van der Waals surface area contributed by atoms with Crippen LogP contribution >= 0.6 is 23.7 Å². The monoisotopic (exact) mass is 597 g/mol. The first-order valence-electron chi connectivity index (χ1n) is 12.3. The first-order valence-corrected chi connectivity index (χ1v) is 14.6. The molecule has 5 rings (SSSR count). The summed E-state index contributed by atoms with van der Waals surface area (Å²) in [5, 5.41) is 3.24. The van der Waals surface area contributed by atoms with Crippen LogP contribution in [0.25, 0.3) is 0 Å². The summed E-state index contributed by atoms with van der Waals surface area (Å²) < 4.78 is 33.4. The van der Waals surface area contributed by atoms with Gasteiger partial charge in [-0.2, -0.15) is 0 Å². The number of carbonyl (C=O) groups excluding carboxylic acids is 2. The number of carbonyl (C=O) groups is 2. The minimum atomic E-state index is -3.91. The highest BCUT2D eigenvalue weighted by molar-refractivity contribution is 7.92. The summed E-state index contributed by atoms with van der Waals surface area (Å²) >= 11 is 1.35. The van der Waals surface area contributed by atoms with Crippen LogP contribution in [0.2, 0.25) is 0 Å². The summed E-state index contributed by atoms with van der Waals surface area (Å²) in [7, 11) is -2.59. The second-order valence-electron chi connectivity index (χ2n) is 9.06. The molecule has 3 aromatic carbocycles. The molecule has 0 saturated carbocycles. The number of ether oxygens (including phenoxy) is 1. The molecule has 0 spiro atoms. The van der Waals surface area contributed by atoms with Crippen molar-refractivity contribution < 1.29 is 22.7 Å². The fourth-order valence-electron chi connectivity index (χ4n) is 4.58. The Balaban J connectivity index is 0.00000370. The fraction of sp³-hybridized carbons (Fsp3) is 0.172. The summed E-state index contributed by atoms with van der Waals surface area (Å²) in [5.41, 5.74) is 2.70. The number of para-hydroxylation sites is 1. The Morgan fingerprint density at radius 2 is 1.60 bits per heavy atom. The maximum Gasteiger partial charge on any atom is 0.341 e. The molecule has 2 heterocycles. The van der Waals surface area contributed by atoms with Crippen LogP contribution in [0.15, 0.2) is 89.8 Å². The van der Waals surface area contributed by atoms with Crippen LogP contribution in [0.3, 0.4) is 0 Å². The van der Waals surface area contributed by atoms with E-state index in [9.17, 15) is 18.0 Å². The van der Waals surface area contributed by atoms with Gasteiger partial charge in [0.05, 0.1) is 28.8 Å². The highest BCUT2D eigenvalue weighted by Crippen LogP contribution is 2.38. The molecule has 1 amide bonds. The first kappa shape index (κ1) is 29.3. The van der Waals surface area contributed by atoms with E-state index in [0.717, 1.165) is 23.5 Å². The molecule has 0 bridgehead atoms. The van der Waals surface area contributed by atoms with Crippen LogP contribution in [-0.4, -0.2) is 38.8 Å².